The first-order valence-electron chi connectivity index (χ1n) is 6.92. The van der Waals surface area contributed by atoms with Crippen molar-refractivity contribution in [2.45, 2.75) is 6.92 Å². The maximum absolute atomic E-state index is 13.9. The summed E-state index contributed by atoms with van der Waals surface area (Å²) in [5.74, 6) is -1.56. The van der Waals surface area contributed by atoms with Crippen LogP contribution in [-0.2, 0) is 0 Å². The Morgan fingerprint density at radius 3 is 2.61 bits per heavy atom. The van der Waals surface area contributed by atoms with E-state index in [9.17, 15) is 13.6 Å². The highest BCUT2D eigenvalue weighted by molar-refractivity contribution is 6.04. The van der Waals surface area contributed by atoms with Crippen LogP contribution in [0, 0.1) is 18.6 Å². The number of nitrogens with zero attached hydrogens (tertiary/aromatic N) is 2. The van der Waals surface area contributed by atoms with Gasteiger partial charge in [0.25, 0.3) is 5.91 Å². The van der Waals surface area contributed by atoms with E-state index in [2.05, 4.69) is 10.4 Å². The summed E-state index contributed by atoms with van der Waals surface area (Å²) >= 11 is 0. The van der Waals surface area contributed by atoms with Crippen LogP contribution in [0.15, 0.2) is 54.7 Å². The first-order valence-corrected chi connectivity index (χ1v) is 6.92. The molecule has 23 heavy (non-hydrogen) atoms. The molecule has 0 spiro atoms. The van der Waals surface area contributed by atoms with Crippen molar-refractivity contribution in [3.8, 4) is 5.69 Å². The third-order valence-corrected chi connectivity index (χ3v) is 3.42. The molecule has 0 aliphatic rings. The predicted molar refractivity (Wildman–Crippen MR) is 82.6 cm³/mol. The van der Waals surface area contributed by atoms with Gasteiger partial charge in [-0.1, -0.05) is 18.2 Å². The first-order chi connectivity index (χ1) is 11.1. The van der Waals surface area contributed by atoms with Gasteiger partial charge in [0.2, 0.25) is 0 Å². The predicted octanol–water partition coefficient (Wildman–Crippen LogP) is 3.71. The Hall–Kier alpha value is -3.02. The third-order valence-electron chi connectivity index (χ3n) is 3.42. The summed E-state index contributed by atoms with van der Waals surface area (Å²) in [6.07, 6.45) is 1.33. The number of nitrogens with one attached hydrogen (secondary N) is 1. The van der Waals surface area contributed by atoms with Gasteiger partial charge in [0.1, 0.15) is 17.3 Å². The molecule has 3 aromatic rings. The van der Waals surface area contributed by atoms with Crippen molar-refractivity contribution in [3.63, 3.8) is 0 Å². The van der Waals surface area contributed by atoms with Crippen LogP contribution in [0.5, 0.6) is 0 Å². The van der Waals surface area contributed by atoms with Gasteiger partial charge in [-0.3, -0.25) is 4.79 Å². The van der Waals surface area contributed by atoms with Gasteiger partial charge in [-0.05, 0) is 31.2 Å². The highest BCUT2D eigenvalue weighted by atomic mass is 19.1. The standard InChI is InChI=1S/C17H13F2N3O/c1-11-14(17(23)21-13-5-3-2-4-6-13)10-20-22(11)16-9-12(18)7-8-15(16)19/h2-10H,1H3,(H,21,23). The van der Waals surface area contributed by atoms with Crippen molar-refractivity contribution in [3.05, 3.63) is 77.6 Å². The second kappa shape index (κ2) is 6.00. The Bertz CT molecular complexity index is 860. The zero-order chi connectivity index (χ0) is 16.4. The SMILES string of the molecule is Cc1c(C(=O)Nc2ccccc2)cnn1-c1cc(F)ccc1F. The topological polar surface area (TPSA) is 46.9 Å². The minimum absolute atomic E-state index is 0.0405. The van der Waals surface area contributed by atoms with Crippen LogP contribution in [-0.4, -0.2) is 15.7 Å². The van der Waals surface area contributed by atoms with Gasteiger partial charge in [-0.15, -0.1) is 0 Å². The lowest BCUT2D eigenvalue weighted by molar-refractivity contribution is 0.102. The molecule has 0 aliphatic heterocycles. The van der Waals surface area contributed by atoms with Crippen molar-refractivity contribution < 1.29 is 13.6 Å². The number of halogens is 2. The van der Waals surface area contributed by atoms with Crippen LogP contribution in [0.3, 0.4) is 0 Å². The molecule has 4 nitrogen and oxygen atoms in total. The minimum Gasteiger partial charge on any atom is -0.322 e. The highest BCUT2D eigenvalue weighted by Crippen LogP contribution is 2.19. The van der Waals surface area contributed by atoms with E-state index in [1.54, 1.807) is 31.2 Å². The summed E-state index contributed by atoms with van der Waals surface area (Å²) < 4.78 is 28.4. The number of amides is 1. The summed E-state index contributed by atoms with van der Waals surface area (Å²) in [5, 5.41) is 6.73. The van der Waals surface area contributed by atoms with Crippen LogP contribution in [0.2, 0.25) is 0 Å². The lowest BCUT2D eigenvalue weighted by Gasteiger charge is -2.07. The van der Waals surface area contributed by atoms with Crippen molar-refractivity contribution in [2.75, 3.05) is 5.32 Å². The molecule has 1 heterocycles. The van der Waals surface area contributed by atoms with Crippen LogP contribution < -0.4 is 5.32 Å². The molecule has 1 amide bonds. The highest BCUT2D eigenvalue weighted by Gasteiger charge is 2.17. The molecule has 1 N–H and O–H groups in total. The van der Waals surface area contributed by atoms with Gasteiger partial charge in [0, 0.05) is 11.8 Å². The van der Waals surface area contributed by atoms with Crippen molar-refractivity contribution in [1.82, 2.24) is 9.78 Å². The van der Waals surface area contributed by atoms with Crippen molar-refractivity contribution in [2.24, 2.45) is 0 Å². The number of anilines is 1. The van der Waals surface area contributed by atoms with Crippen LogP contribution >= 0.6 is 0 Å². The first kappa shape index (κ1) is 14.9. The molecule has 2 aromatic carbocycles. The minimum atomic E-state index is -0.618. The van der Waals surface area contributed by atoms with E-state index in [1.807, 2.05) is 6.07 Å². The van der Waals surface area contributed by atoms with E-state index in [4.69, 9.17) is 0 Å². The quantitative estimate of drug-likeness (QED) is 0.801. The summed E-state index contributed by atoms with van der Waals surface area (Å²) in [5.41, 5.74) is 1.31. The molecule has 0 radical (unpaired) electrons. The van der Waals surface area contributed by atoms with Gasteiger partial charge in [-0.2, -0.15) is 5.10 Å². The van der Waals surface area contributed by atoms with Crippen molar-refractivity contribution in [1.29, 1.82) is 0 Å². The lowest BCUT2D eigenvalue weighted by atomic mass is 10.2. The number of benzene rings is 2. The molecule has 0 aliphatic carbocycles. The van der Waals surface area contributed by atoms with Gasteiger partial charge in [0.05, 0.1) is 17.5 Å². The number of carbonyl (C=O) groups is 1. The molecular formula is C17H13F2N3O. The van der Waals surface area contributed by atoms with Gasteiger partial charge in [-0.25, -0.2) is 13.5 Å². The van der Waals surface area contributed by atoms with E-state index in [0.29, 0.717) is 11.4 Å². The normalized spacial score (nSPS) is 10.6. The Kier molecular flexibility index (Phi) is 3.89. The second-order valence-corrected chi connectivity index (χ2v) is 4.97. The second-order valence-electron chi connectivity index (χ2n) is 4.97. The maximum atomic E-state index is 13.9. The molecule has 1 aromatic heterocycles. The third kappa shape index (κ3) is 2.96. The van der Waals surface area contributed by atoms with E-state index < -0.39 is 11.6 Å². The molecule has 3 rings (SSSR count). The summed E-state index contributed by atoms with van der Waals surface area (Å²) in [7, 11) is 0. The van der Waals surface area contributed by atoms with Crippen LogP contribution in [0.1, 0.15) is 16.1 Å². The molecule has 0 saturated heterocycles. The molecule has 0 atom stereocenters. The number of carbonyl (C=O) groups excluding carboxylic acids is 1. The lowest BCUT2D eigenvalue weighted by Crippen LogP contribution is -2.13. The van der Waals surface area contributed by atoms with Crippen LogP contribution in [0.4, 0.5) is 14.5 Å². The molecule has 116 valence electrons. The Balaban J connectivity index is 1.93. The van der Waals surface area contributed by atoms with E-state index in [0.717, 1.165) is 18.2 Å². The van der Waals surface area contributed by atoms with E-state index in [-0.39, 0.29) is 17.2 Å². The Morgan fingerprint density at radius 2 is 1.87 bits per heavy atom. The molecule has 0 bridgehead atoms. The largest absolute Gasteiger partial charge is 0.322 e. The molecule has 0 unspecified atom stereocenters. The summed E-state index contributed by atoms with van der Waals surface area (Å²) in [6.45, 7) is 1.62. The zero-order valence-electron chi connectivity index (χ0n) is 12.3. The van der Waals surface area contributed by atoms with E-state index in [1.165, 1.54) is 10.9 Å². The molecule has 0 saturated carbocycles. The molecular weight excluding hydrogens is 300 g/mol. The molecule has 0 fully saturated rings. The smallest absolute Gasteiger partial charge is 0.259 e. The Morgan fingerprint density at radius 1 is 1.13 bits per heavy atom. The monoisotopic (exact) mass is 313 g/mol. The number of para-hydroxylation sites is 1. The zero-order valence-corrected chi connectivity index (χ0v) is 12.3. The Labute approximate surface area is 131 Å². The average molecular weight is 313 g/mol. The number of aromatic nitrogens is 2. The van der Waals surface area contributed by atoms with Crippen LogP contribution in [0.25, 0.3) is 5.69 Å². The number of hydrogen-bond acceptors (Lipinski definition) is 2. The summed E-state index contributed by atoms with van der Waals surface area (Å²) in [6, 6.07) is 12.0. The molecule has 6 heteroatoms. The maximum Gasteiger partial charge on any atom is 0.259 e. The fraction of sp³-hybridized carbons (Fsp3) is 0.0588. The number of hydrogen-bond donors (Lipinski definition) is 1. The van der Waals surface area contributed by atoms with Gasteiger partial charge in [0.15, 0.2) is 0 Å². The average Bonchev–Trinajstić information content (AvgIpc) is 2.92. The summed E-state index contributed by atoms with van der Waals surface area (Å²) in [4.78, 5) is 12.3. The van der Waals surface area contributed by atoms with Gasteiger partial charge < -0.3 is 5.32 Å². The fourth-order valence-corrected chi connectivity index (χ4v) is 2.24. The van der Waals surface area contributed by atoms with Gasteiger partial charge >= 0.3 is 0 Å². The fourth-order valence-electron chi connectivity index (χ4n) is 2.24. The van der Waals surface area contributed by atoms with Crippen molar-refractivity contribution >= 4 is 11.6 Å². The number of rotatable bonds is 3. The van der Waals surface area contributed by atoms with E-state index >= 15 is 0 Å².